The quantitative estimate of drug-likeness (QED) is 0.149. The van der Waals surface area contributed by atoms with Crippen molar-refractivity contribution in [2.24, 2.45) is 11.8 Å². The molecule has 6 aliphatic carbocycles. The highest BCUT2D eigenvalue weighted by molar-refractivity contribution is 5.84. The SMILES string of the molecule is c1cc2c(-c3ccc4nc(C5C[C@@H]6CCCC[C@@H]6N5)[nH]c4c3)cc1CCc1ccc(cc1-c1ccc3nc([C@@H]4C[C@@H]5CCCC[C@@H]5N4)[nH]c3c1)CC2. The molecule has 4 N–H and O–H groups in total. The van der Waals surface area contributed by atoms with Gasteiger partial charge in [-0.15, -0.1) is 0 Å². The number of nitrogens with zero attached hydrogens (tertiary/aromatic N) is 2. The molecule has 6 aromatic rings. The molecule has 2 saturated heterocycles. The first-order valence-corrected chi connectivity index (χ1v) is 20.4. The van der Waals surface area contributed by atoms with Crippen LogP contribution in [0.2, 0.25) is 0 Å². The van der Waals surface area contributed by atoms with Gasteiger partial charge in [-0.05, 0) is 145 Å². The van der Waals surface area contributed by atoms with Gasteiger partial charge < -0.3 is 20.6 Å². The Bertz CT molecular complexity index is 2110. The minimum Gasteiger partial charge on any atom is -0.341 e. The Kier molecular flexibility index (Phi) is 7.64. The van der Waals surface area contributed by atoms with Gasteiger partial charge in [0, 0.05) is 12.1 Å². The van der Waals surface area contributed by atoms with E-state index in [-0.39, 0.29) is 0 Å². The van der Waals surface area contributed by atoms with E-state index in [0.717, 1.165) is 71.2 Å². The van der Waals surface area contributed by atoms with Gasteiger partial charge in [-0.1, -0.05) is 74.2 Å². The largest absolute Gasteiger partial charge is 0.341 e. The Morgan fingerprint density at radius 3 is 1.44 bits per heavy atom. The molecule has 6 heteroatoms. The lowest BCUT2D eigenvalue weighted by atomic mass is 9.85. The maximum absolute atomic E-state index is 5.09. The van der Waals surface area contributed by atoms with E-state index in [0.29, 0.717) is 24.2 Å². The predicted molar refractivity (Wildman–Crippen MR) is 210 cm³/mol. The Morgan fingerprint density at radius 2 is 0.962 bits per heavy atom. The monoisotopic (exact) mass is 686 g/mol. The molecule has 0 spiro atoms. The van der Waals surface area contributed by atoms with E-state index < -0.39 is 0 Å². The summed E-state index contributed by atoms with van der Waals surface area (Å²) >= 11 is 0. The minimum atomic E-state index is 0.349. The zero-order valence-electron chi connectivity index (χ0n) is 30.2. The maximum atomic E-state index is 5.09. The van der Waals surface area contributed by atoms with Crippen LogP contribution >= 0.6 is 0 Å². The van der Waals surface area contributed by atoms with Gasteiger partial charge in [0.1, 0.15) is 11.6 Å². The molecule has 6 nitrogen and oxygen atoms in total. The van der Waals surface area contributed by atoms with E-state index in [1.165, 1.54) is 109 Å². The second-order valence-electron chi connectivity index (χ2n) is 16.9. The molecule has 4 fully saturated rings. The molecule has 2 aromatic heterocycles. The van der Waals surface area contributed by atoms with Gasteiger partial charge in [-0.2, -0.15) is 0 Å². The number of hydrogen-bond acceptors (Lipinski definition) is 4. The maximum Gasteiger partial charge on any atom is 0.124 e. The van der Waals surface area contributed by atoms with E-state index in [1.807, 2.05) is 0 Å². The summed E-state index contributed by atoms with van der Waals surface area (Å²) in [5.74, 6) is 3.85. The van der Waals surface area contributed by atoms with Crippen LogP contribution in [0.15, 0.2) is 72.8 Å². The average molecular weight is 687 g/mol. The summed E-state index contributed by atoms with van der Waals surface area (Å²) in [4.78, 5) is 17.7. The summed E-state index contributed by atoms with van der Waals surface area (Å²) in [5, 5.41) is 7.84. The van der Waals surface area contributed by atoms with Gasteiger partial charge in [-0.25, -0.2) is 9.97 Å². The van der Waals surface area contributed by atoms with E-state index >= 15 is 0 Å². The predicted octanol–water partition coefficient (Wildman–Crippen LogP) is 9.84. The van der Waals surface area contributed by atoms with Gasteiger partial charge in [0.15, 0.2) is 0 Å². The number of benzene rings is 4. The molecule has 14 rings (SSSR count). The third-order valence-electron chi connectivity index (χ3n) is 13.7. The zero-order valence-corrected chi connectivity index (χ0v) is 30.2. The number of aromatic amines is 2. The molecule has 6 atom stereocenters. The van der Waals surface area contributed by atoms with Crippen LogP contribution in [0, 0.1) is 11.8 Å². The second-order valence-corrected chi connectivity index (χ2v) is 16.9. The van der Waals surface area contributed by atoms with Crippen LogP contribution < -0.4 is 10.6 Å². The third kappa shape index (κ3) is 5.61. The molecule has 4 bridgehead atoms. The fraction of sp³-hybridized carbons (Fsp3) is 0.435. The van der Waals surface area contributed by atoms with Gasteiger partial charge in [0.2, 0.25) is 0 Å². The Hall–Kier alpha value is -4.26. The fourth-order valence-corrected chi connectivity index (χ4v) is 10.9. The van der Waals surface area contributed by atoms with Crippen molar-refractivity contribution in [2.45, 2.75) is 114 Å². The third-order valence-corrected chi connectivity index (χ3v) is 13.7. The standard InChI is InChI=1S/C46H50N6/c1-3-7-37-33(5-1)25-43(47-37)45-49-39-19-17-31(23-41(39)51-45)35-21-27-9-13-29(35)15-11-28-10-14-30(16-12-27)36(22-28)32-18-20-40-42(24-32)52-46(50-40)44-26-34-6-2-4-8-38(34)48-44/h9-10,13-14,17-24,33-34,37-38,43-44,47-48H,1-8,11-12,15-16,25-26H2,(H,49,51)(H,50,52)/t33-,34-,37-,38-,43-,44?/m0/s1. The Labute approximate surface area is 306 Å². The van der Waals surface area contributed by atoms with Crippen LogP contribution in [0.25, 0.3) is 44.3 Å². The van der Waals surface area contributed by atoms with Crippen LogP contribution in [0.4, 0.5) is 0 Å². The van der Waals surface area contributed by atoms with Crippen LogP contribution in [-0.2, 0) is 25.7 Å². The molecule has 4 aromatic carbocycles. The first kappa shape index (κ1) is 31.3. The van der Waals surface area contributed by atoms with Crippen molar-refractivity contribution in [1.82, 2.24) is 30.6 Å². The van der Waals surface area contributed by atoms with Gasteiger partial charge in [-0.3, -0.25) is 0 Å². The summed E-state index contributed by atoms with van der Waals surface area (Å²) < 4.78 is 0. The summed E-state index contributed by atoms with van der Waals surface area (Å²) in [6.07, 6.45) is 17.3. The molecule has 2 aliphatic heterocycles. The molecular weight excluding hydrogens is 637 g/mol. The van der Waals surface area contributed by atoms with Crippen molar-refractivity contribution in [3.05, 3.63) is 107 Å². The molecule has 1 unspecified atom stereocenters. The van der Waals surface area contributed by atoms with E-state index in [4.69, 9.17) is 9.97 Å². The number of imidazole rings is 2. The van der Waals surface area contributed by atoms with Gasteiger partial charge in [0.25, 0.3) is 0 Å². The normalized spacial score (nSPS) is 27.2. The van der Waals surface area contributed by atoms with E-state index in [9.17, 15) is 0 Å². The molecule has 2 saturated carbocycles. The van der Waals surface area contributed by atoms with Crippen LogP contribution in [0.1, 0.15) is 110 Å². The Morgan fingerprint density at radius 1 is 0.481 bits per heavy atom. The number of H-pyrrole nitrogens is 2. The first-order valence-electron chi connectivity index (χ1n) is 20.4. The minimum absolute atomic E-state index is 0.349. The topological polar surface area (TPSA) is 81.4 Å². The van der Waals surface area contributed by atoms with Crippen molar-refractivity contribution in [2.75, 3.05) is 0 Å². The second kappa shape index (κ2) is 12.7. The van der Waals surface area contributed by atoms with E-state index in [2.05, 4.69) is 93.4 Å². The lowest BCUT2D eigenvalue weighted by Gasteiger charge is -2.24. The first-order chi connectivity index (χ1) is 25.7. The number of rotatable bonds is 4. The Balaban J connectivity index is 0.861. The molecule has 8 aliphatic rings. The number of aryl methyl sites for hydroxylation is 4. The van der Waals surface area contributed by atoms with Crippen molar-refractivity contribution in [3.8, 4) is 22.3 Å². The van der Waals surface area contributed by atoms with Gasteiger partial charge >= 0.3 is 0 Å². The highest BCUT2D eigenvalue weighted by Crippen LogP contribution is 2.41. The molecule has 0 radical (unpaired) electrons. The number of fused-ring (bicyclic) bond motifs is 4. The van der Waals surface area contributed by atoms with Crippen LogP contribution in [0.3, 0.4) is 0 Å². The van der Waals surface area contributed by atoms with Crippen molar-refractivity contribution in [3.63, 3.8) is 0 Å². The molecule has 264 valence electrons. The van der Waals surface area contributed by atoms with E-state index in [1.54, 1.807) is 0 Å². The zero-order chi connectivity index (χ0) is 34.2. The van der Waals surface area contributed by atoms with Crippen molar-refractivity contribution in [1.29, 1.82) is 0 Å². The molecule has 0 amide bonds. The number of aromatic nitrogens is 4. The summed E-state index contributed by atoms with van der Waals surface area (Å²) in [6.45, 7) is 0. The average Bonchev–Trinajstić information content (AvgIpc) is 3.98. The molecular formula is C46H50N6. The van der Waals surface area contributed by atoms with Crippen molar-refractivity contribution < 1.29 is 0 Å². The van der Waals surface area contributed by atoms with Crippen LogP contribution in [0.5, 0.6) is 0 Å². The molecule has 4 heterocycles. The van der Waals surface area contributed by atoms with Crippen LogP contribution in [-0.4, -0.2) is 32.0 Å². The highest BCUT2D eigenvalue weighted by Gasteiger charge is 2.38. The smallest absolute Gasteiger partial charge is 0.124 e. The van der Waals surface area contributed by atoms with Crippen molar-refractivity contribution >= 4 is 22.1 Å². The summed E-state index contributed by atoms with van der Waals surface area (Å²) in [7, 11) is 0. The highest BCUT2D eigenvalue weighted by atomic mass is 15.1. The molecule has 52 heavy (non-hydrogen) atoms. The number of hydrogen-bond donors (Lipinski definition) is 4. The number of nitrogens with one attached hydrogen (secondary N) is 4. The lowest BCUT2D eigenvalue weighted by molar-refractivity contribution is 0.325. The summed E-state index contributed by atoms with van der Waals surface area (Å²) in [5.41, 5.74) is 15.4. The van der Waals surface area contributed by atoms with Gasteiger partial charge in [0.05, 0.1) is 34.2 Å². The lowest BCUT2D eigenvalue weighted by Crippen LogP contribution is -2.30. The summed E-state index contributed by atoms with van der Waals surface area (Å²) in [6, 6.07) is 30.2. The fourth-order valence-electron chi connectivity index (χ4n) is 10.9.